The summed E-state index contributed by atoms with van der Waals surface area (Å²) in [5.74, 6) is -0.714. The number of nitrogens with zero attached hydrogens (tertiary/aromatic N) is 1. The molecule has 0 aliphatic carbocycles. The van der Waals surface area contributed by atoms with E-state index in [0.717, 1.165) is 5.56 Å². The Morgan fingerprint density at radius 3 is 2.85 bits per heavy atom. The lowest BCUT2D eigenvalue weighted by atomic mass is 10.1. The SMILES string of the molecule is CCN(CC(=O)O)C(=O)C1=Cc2cc(Cl)ccc2OC1. The molecule has 0 radical (unpaired) electrons. The van der Waals surface area contributed by atoms with Gasteiger partial charge in [-0.3, -0.25) is 9.59 Å². The molecule has 1 aliphatic heterocycles. The van der Waals surface area contributed by atoms with Gasteiger partial charge in [-0.25, -0.2) is 0 Å². The molecule has 0 aromatic heterocycles. The van der Waals surface area contributed by atoms with E-state index < -0.39 is 5.97 Å². The summed E-state index contributed by atoms with van der Waals surface area (Å²) in [5, 5.41) is 9.35. The number of carbonyl (C=O) groups is 2. The van der Waals surface area contributed by atoms with Gasteiger partial charge in [0.05, 0.1) is 5.57 Å². The monoisotopic (exact) mass is 295 g/mol. The Hall–Kier alpha value is -2.01. The summed E-state index contributed by atoms with van der Waals surface area (Å²) in [5.41, 5.74) is 1.14. The highest BCUT2D eigenvalue weighted by Crippen LogP contribution is 2.29. The van der Waals surface area contributed by atoms with E-state index >= 15 is 0 Å². The molecule has 5 nitrogen and oxygen atoms in total. The maximum Gasteiger partial charge on any atom is 0.323 e. The minimum Gasteiger partial charge on any atom is -0.488 e. The van der Waals surface area contributed by atoms with Crippen LogP contribution in [0.1, 0.15) is 12.5 Å². The maximum atomic E-state index is 12.2. The predicted molar refractivity (Wildman–Crippen MR) is 74.8 cm³/mol. The Morgan fingerprint density at radius 1 is 1.45 bits per heavy atom. The van der Waals surface area contributed by atoms with Crippen LogP contribution in [0.5, 0.6) is 5.75 Å². The number of carboxylic acid groups (broad SMARTS) is 1. The number of amides is 1. The number of hydrogen-bond donors (Lipinski definition) is 1. The molecule has 1 amide bonds. The van der Waals surface area contributed by atoms with Crippen LogP contribution in [-0.2, 0) is 9.59 Å². The number of carboxylic acids is 1. The van der Waals surface area contributed by atoms with Gasteiger partial charge in [-0.05, 0) is 31.2 Å². The highest BCUT2D eigenvalue weighted by atomic mass is 35.5. The van der Waals surface area contributed by atoms with Crippen molar-refractivity contribution in [2.75, 3.05) is 19.7 Å². The van der Waals surface area contributed by atoms with Gasteiger partial charge in [0.1, 0.15) is 18.9 Å². The van der Waals surface area contributed by atoms with Gasteiger partial charge in [0, 0.05) is 17.1 Å². The molecule has 1 aromatic carbocycles. The Balaban J connectivity index is 2.25. The Morgan fingerprint density at radius 2 is 2.20 bits per heavy atom. The molecule has 0 fully saturated rings. The molecule has 0 atom stereocenters. The van der Waals surface area contributed by atoms with Crippen LogP contribution in [-0.4, -0.2) is 41.6 Å². The second kappa shape index (κ2) is 5.96. The first kappa shape index (κ1) is 14.4. The minimum absolute atomic E-state index is 0.129. The van der Waals surface area contributed by atoms with Crippen LogP contribution in [0.3, 0.4) is 0 Å². The van der Waals surface area contributed by atoms with E-state index in [2.05, 4.69) is 0 Å². The number of likely N-dealkylation sites (N-methyl/N-ethyl adjacent to an activating group) is 1. The zero-order chi connectivity index (χ0) is 14.7. The first-order chi connectivity index (χ1) is 9.51. The van der Waals surface area contributed by atoms with Gasteiger partial charge in [-0.15, -0.1) is 0 Å². The molecule has 0 unspecified atom stereocenters. The normalized spacial score (nSPS) is 13.0. The van der Waals surface area contributed by atoms with E-state index in [4.69, 9.17) is 21.4 Å². The number of aliphatic carboxylic acids is 1. The molecule has 1 aromatic rings. The number of hydrogen-bond acceptors (Lipinski definition) is 3. The summed E-state index contributed by atoms with van der Waals surface area (Å²) in [6.07, 6.45) is 1.69. The van der Waals surface area contributed by atoms with E-state index in [-0.39, 0.29) is 19.1 Å². The number of halogens is 1. The van der Waals surface area contributed by atoms with Crippen molar-refractivity contribution in [1.29, 1.82) is 0 Å². The molecule has 0 spiro atoms. The van der Waals surface area contributed by atoms with E-state index in [1.807, 2.05) is 0 Å². The van der Waals surface area contributed by atoms with Crippen molar-refractivity contribution in [3.05, 3.63) is 34.4 Å². The topological polar surface area (TPSA) is 66.8 Å². The van der Waals surface area contributed by atoms with Crippen molar-refractivity contribution in [2.45, 2.75) is 6.92 Å². The number of carbonyl (C=O) groups excluding carboxylic acids is 1. The summed E-state index contributed by atoms with van der Waals surface area (Å²) in [6, 6.07) is 5.16. The van der Waals surface area contributed by atoms with Gasteiger partial charge in [-0.1, -0.05) is 11.6 Å². The lowest BCUT2D eigenvalue weighted by Crippen LogP contribution is -2.37. The second-order valence-corrected chi connectivity index (χ2v) is 4.79. The lowest BCUT2D eigenvalue weighted by molar-refractivity contribution is -0.143. The Labute approximate surface area is 121 Å². The molecule has 0 saturated carbocycles. The number of ether oxygens (including phenoxy) is 1. The van der Waals surface area contributed by atoms with Crippen molar-refractivity contribution in [3.8, 4) is 5.75 Å². The minimum atomic E-state index is -1.04. The molecule has 1 N–H and O–H groups in total. The zero-order valence-electron chi connectivity index (χ0n) is 10.9. The van der Waals surface area contributed by atoms with Crippen molar-refractivity contribution in [2.24, 2.45) is 0 Å². The summed E-state index contributed by atoms with van der Waals surface area (Å²) in [4.78, 5) is 24.2. The largest absolute Gasteiger partial charge is 0.488 e. The molecule has 106 valence electrons. The molecule has 1 heterocycles. The van der Waals surface area contributed by atoms with Crippen LogP contribution in [0, 0.1) is 0 Å². The smallest absolute Gasteiger partial charge is 0.323 e. The summed E-state index contributed by atoms with van der Waals surface area (Å²) >= 11 is 5.90. The molecule has 2 rings (SSSR count). The fourth-order valence-corrected chi connectivity index (χ4v) is 2.15. The van der Waals surface area contributed by atoms with Crippen molar-refractivity contribution in [3.63, 3.8) is 0 Å². The van der Waals surface area contributed by atoms with Gasteiger partial charge in [-0.2, -0.15) is 0 Å². The standard InChI is InChI=1S/C14H14ClNO4/c1-2-16(7-13(17)18)14(19)10-5-9-6-11(15)3-4-12(9)20-8-10/h3-6H,2,7-8H2,1H3,(H,17,18). The molecular formula is C14H14ClNO4. The first-order valence-electron chi connectivity index (χ1n) is 6.15. The predicted octanol–water partition coefficient (Wildman–Crippen LogP) is 2.05. The lowest BCUT2D eigenvalue weighted by Gasteiger charge is -2.23. The van der Waals surface area contributed by atoms with Crippen LogP contribution in [0.15, 0.2) is 23.8 Å². The Kier molecular flexibility index (Phi) is 4.29. The van der Waals surface area contributed by atoms with Crippen LogP contribution in [0.2, 0.25) is 5.02 Å². The van der Waals surface area contributed by atoms with Crippen LogP contribution in [0.4, 0.5) is 0 Å². The molecule has 1 aliphatic rings. The quantitative estimate of drug-likeness (QED) is 0.923. The number of fused-ring (bicyclic) bond motifs is 1. The third kappa shape index (κ3) is 3.11. The van der Waals surface area contributed by atoms with Gasteiger partial charge >= 0.3 is 5.97 Å². The summed E-state index contributed by atoms with van der Waals surface area (Å²) in [6.45, 7) is 1.86. The van der Waals surface area contributed by atoms with E-state index in [1.165, 1.54) is 4.90 Å². The molecule has 20 heavy (non-hydrogen) atoms. The van der Waals surface area contributed by atoms with Crippen LogP contribution < -0.4 is 4.74 Å². The average molecular weight is 296 g/mol. The van der Waals surface area contributed by atoms with E-state index in [9.17, 15) is 9.59 Å². The summed E-state index contributed by atoms with van der Waals surface area (Å²) < 4.78 is 5.49. The second-order valence-electron chi connectivity index (χ2n) is 4.35. The maximum absolute atomic E-state index is 12.2. The van der Waals surface area contributed by atoms with Crippen molar-refractivity contribution in [1.82, 2.24) is 4.90 Å². The van der Waals surface area contributed by atoms with E-state index in [0.29, 0.717) is 22.9 Å². The molecule has 0 bridgehead atoms. The number of rotatable bonds is 4. The average Bonchev–Trinajstić information content (AvgIpc) is 2.43. The van der Waals surface area contributed by atoms with Crippen LogP contribution in [0.25, 0.3) is 6.08 Å². The highest BCUT2D eigenvalue weighted by Gasteiger charge is 2.23. The molecule has 0 saturated heterocycles. The van der Waals surface area contributed by atoms with Crippen LogP contribution >= 0.6 is 11.6 Å². The molecule has 6 heteroatoms. The zero-order valence-corrected chi connectivity index (χ0v) is 11.7. The van der Waals surface area contributed by atoms with Gasteiger partial charge in [0.25, 0.3) is 5.91 Å². The third-order valence-electron chi connectivity index (χ3n) is 2.95. The van der Waals surface area contributed by atoms with E-state index in [1.54, 1.807) is 31.2 Å². The van der Waals surface area contributed by atoms with Gasteiger partial charge in [0.2, 0.25) is 0 Å². The molecular weight excluding hydrogens is 282 g/mol. The third-order valence-corrected chi connectivity index (χ3v) is 3.19. The highest BCUT2D eigenvalue weighted by molar-refractivity contribution is 6.30. The first-order valence-corrected chi connectivity index (χ1v) is 6.53. The fraction of sp³-hybridized carbons (Fsp3) is 0.286. The van der Waals surface area contributed by atoms with Gasteiger partial charge < -0.3 is 14.7 Å². The Bertz CT molecular complexity index is 583. The fourth-order valence-electron chi connectivity index (χ4n) is 1.97. The van der Waals surface area contributed by atoms with Crippen molar-refractivity contribution < 1.29 is 19.4 Å². The van der Waals surface area contributed by atoms with Crippen molar-refractivity contribution >= 4 is 29.6 Å². The van der Waals surface area contributed by atoms with Gasteiger partial charge in [0.15, 0.2) is 0 Å². The number of benzene rings is 1. The summed E-state index contributed by atoms with van der Waals surface area (Å²) in [7, 11) is 0.